The van der Waals surface area contributed by atoms with Crippen molar-refractivity contribution in [3.8, 4) is 0 Å². The van der Waals surface area contributed by atoms with Gasteiger partial charge in [-0.05, 0) is 49.1 Å². The minimum Gasteiger partial charge on any atom is -0.389 e. The third-order valence-electron chi connectivity index (χ3n) is 4.04. The molecule has 1 aromatic rings. The van der Waals surface area contributed by atoms with Gasteiger partial charge in [0.05, 0.1) is 4.88 Å². The van der Waals surface area contributed by atoms with E-state index in [1.165, 1.54) is 12.8 Å². The van der Waals surface area contributed by atoms with Gasteiger partial charge in [0, 0.05) is 6.54 Å². The molecule has 4 nitrogen and oxygen atoms in total. The third-order valence-corrected chi connectivity index (χ3v) is 7.40. The molecule has 104 valence electrons. The van der Waals surface area contributed by atoms with E-state index >= 15 is 0 Å². The summed E-state index contributed by atoms with van der Waals surface area (Å²) >= 11 is 5.97. The molecule has 3 N–H and O–H groups in total. The lowest BCUT2D eigenvalue weighted by molar-refractivity contribution is 0.432. The van der Waals surface area contributed by atoms with Crippen LogP contribution in [0.1, 0.15) is 30.6 Å². The Morgan fingerprint density at radius 1 is 1.47 bits per heavy atom. The lowest BCUT2D eigenvalue weighted by Gasteiger charge is -2.14. The lowest BCUT2D eigenvalue weighted by atomic mass is 10.0. The predicted molar refractivity (Wildman–Crippen MR) is 79.8 cm³/mol. The molecule has 2 fully saturated rings. The van der Waals surface area contributed by atoms with E-state index < -0.39 is 10.0 Å². The van der Waals surface area contributed by atoms with E-state index in [-0.39, 0.29) is 10.4 Å². The van der Waals surface area contributed by atoms with Crippen LogP contribution in [0.15, 0.2) is 16.3 Å². The quantitative estimate of drug-likeness (QED) is 0.786. The molecule has 19 heavy (non-hydrogen) atoms. The summed E-state index contributed by atoms with van der Waals surface area (Å²) in [5, 5.41) is 0. The van der Waals surface area contributed by atoms with E-state index in [0.29, 0.717) is 15.6 Å². The Balaban J connectivity index is 1.69. The highest BCUT2D eigenvalue weighted by Crippen LogP contribution is 2.60. The van der Waals surface area contributed by atoms with Crippen molar-refractivity contribution in [2.75, 3.05) is 6.54 Å². The second-order valence-electron chi connectivity index (χ2n) is 5.44. The zero-order valence-corrected chi connectivity index (χ0v) is 12.8. The van der Waals surface area contributed by atoms with Crippen molar-refractivity contribution in [3.05, 3.63) is 17.0 Å². The van der Waals surface area contributed by atoms with E-state index in [4.69, 9.17) is 18.0 Å². The summed E-state index contributed by atoms with van der Waals surface area (Å²) in [6, 6.07) is 3.23. The number of thiophene rings is 1. The number of nitrogens with one attached hydrogen (secondary N) is 1. The summed E-state index contributed by atoms with van der Waals surface area (Å²) in [6.45, 7) is 0.570. The molecule has 1 heterocycles. The second-order valence-corrected chi connectivity index (χ2v) is 8.96. The zero-order chi connectivity index (χ0) is 13.7. The van der Waals surface area contributed by atoms with Crippen LogP contribution in [0.5, 0.6) is 0 Å². The van der Waals surface area contributed by atoms with Crippen LogP contribution in [-0.4, -0.2) is 20.0 Å². The highest BCUT2D eigenvalue weighted by atomic mass is 32.2. The Labute approximate surface area is 122 Å². The van der Waals surface area contributed by atoms with E-state index in [1.807, 2.05) is 0 Å². The minimum absolute atomic E-state index is 0.239. The smallest absolute Gasteiger partial charge is 0.250 e. The van der Waals surface area contributed by atoms with Gasteiger partial charge in [-0.15, -0.1) is 11.3 Å². The van der Waals surface area contributed by atoms with Crippen molar-refractivity contribution in [3.63, 3.8) is 0 Å². The van der Waals surface area contributed by atoms with Crippen molar-refractivity contribution >= 4 is 38.6 Å². The fraction of sp³-hybridized carbons (Fsp3) is 0.583. The maximum atomic E-state index is 12.2. The summed E-state index contributed by atoms with van der Waals surface area (Å²) in [4.78, 5) is 0.877. The Morgan fingerprint density at radius 3 is 2.63 bits per heavy atom. The molecule has 0 unspecified atom stereocenters. The first-order valence-electron chi connectivity index (χ1n) is 6.32. The monoisotopic (exact) mass is 316 g/mol. The number of sulfonamides is 1. The Morgan fingerprint density at radius 2 is 2.16 bits per heavy atom. The first-order valence-corrected chi connectivity index (χ1v) is 9.03. The third kappa shape index (κ3) is 2.69. The first-order chi connectivity index (χ1) is 8.93. The fourth-order valence-electron chi connectivity index (χ4n) is 2.49. The molecule has 3 rings (SSSR count). The number of rotatable bonds is 6. The molecular formula is C12H16N2O2S3. The van der Waals surface area contributed by atoms with Gasteiger partial charge in [0.25, 0.3) is 0 Å². The standard InChI is InChI=1S/C12H16N2O2S3/c13-11(17)9-3-4-10(18-9)19(15,16)14-7-12(5-6-12)8-1-2-8/h3-4,8,14H,1-2,5-7H2,(H2,13,17). The second kappa shape index (κ2) is 4.51. The molecular weight excluding hydrogens is 300 g/mol. The van der Waals surface area contributed by atoms with Crippen LogP contribution in [-0.2, 0) is 10.0 Å². The number of thiocarbonyl (C=S) groups is 1. The first kappa shape index (κ1) is 13.5. The van der Waals surface area contributed by atoms with Crippen LogP contribution in [0, 0.1) is 11.3 Å². The van der Waals surface area contributed by atoms with Crippen LogP contribution in [0.4, 0.5) is 0 Å². The van der Waals surface area contributed by atoms with Crippen LogP contribution >= 0.6 is 23.6 Å². The van der Waals surface area contributed by atoms with Gasteiger partial charge in [-0.1, -0.05) is 12.2 Å². The summed E-state index contributed by atoms with van der Waals surface area (Å²) in [7, 11) is -3.42. The number of nitrogens with two attached hydrogens (primary N) is 1. The SMILES string of the molecule is NC(=S)c1ccc(S(=O)(=O)NCC2(C3CC3)CC2)s1. The van der Waals surface area contributed by atoms with Crippen LogP contribution in [0.2, 0.25) is 0 Å². The molecule has 2 saturated carbocycles. The molecule has 0 aromatic carbocycles. The zero-order valence-electron chi connectivity index (χ0n) is 10.4. The van der Waals surface area contributed by atoms with Gasteiger partial charge < -0.3 is 5.73 Å². The molecule has 2 aliphatic carbocycles. The maximum Gasteiger partial charge on any atom is 0.250 e. The van der Waals surface area contributed by atoms with Crippen LogP contribution < -0.4 is 10.5 Å². The van der Waals surface area contributed by atoms with Gasteiger partial charge in [-0.2, -0.15) is 0 Å². The Hall–Kier alpha value is -0.500. The molecule has 0 radical (unpaired) electrons. The van der Waals surface area contributed by atoms with Gasteiger partial charge >= 0.3 is 0 Å². The summed E-state index contributed by atoms with van der Waals surface area (Å²) < 4.78 is 27.4. The highest BCUT2D eigenvalue weighted by molar-refractivity contribution is 7.91. The van der Waals surface area contributed by atoms with Crippen molar-refractivity contribution in [1.82, 2.24) is 4.72 Å². The predicted octanol–water partition coefficient (Wildman–Crippen LogP) is 1.85. The minimum atomic E-state index is -3.42. The molecule has 1 aromatic heterocycles. The van der Waals surface area contributed by atoms with E-state index in [2.05, 4.69) is 4.72 Å². The molecule has 0 bridgehead atoms. The van der Waals surface area contributed by atoms with Crippen molar-refractivity contribution < 1.29 is 8.42 Å². The molecule has 7 heteroatoms. The van der Waals surface area contributed by atoms with Crippen molar-refractivity contribution in [2.24, 2.45) is 17.1 Å². The Bertz CT molecular complexity index is 613. The molecule has 0 saturated heterocycles. The number of hydrogen-bond acceptors (Lipinski definition) is 4. The van der Waals surface area contributed by atoms with Gasteiger partial charge in [0.1, 0.15) is 9.20 Å². The van der Waals surface area contributed by atoms with Gasteiger partial charge in [-0.3, -0.25) is 0 Å². The average molecular weight is 316 g/mol. The van der Waals surface area contributed by atoms with Crippen molar-refractivity contribution in [2.45, 2.75) is 29.9 Å². The van der Waals surface area contributed by atoms with Gasteiger partial charge in [0.2, 0.25) is 10.0 Å². The molecule has 2 aliphatic rings. The lowest BCUT2D eigenvalue weighted by Crippen LogP contribution is -2.30. The summed E-state index contributed by atoms with van der Waals surface area (Å²) in [6.07, 6.45) is 4.82. The van der Waals surface area contributed by atoms with E-state index in [0.717, 1.165) is 30.1 Å². The summed E-state index contributed by atoms with van der Waals surface area (Å²) in [5.74, 6) is 0.741. The average Bonchev–Trinajstić information content (AvgIpc) is 3.24. The van der Waals surface area contributed by atoms with E-state index in [1.54, 1.807) is 12.1 Å². The van der Waals surface area contributed by atoms with Gasteiger partial charge in [-0.25, -0.2) is 13.1 Å². The largest absolute Gasteiger partial charge is 0.389 e. The molecule has 0 spiro atoms. The normalized spacial score (nSPS) is 21.3. The van der Waals surface area contributed by atoms with Crippen LogP contribution in [0.25, 0.3) is 0 Å². The molecule has 0 amide bonds. The van der Waals surface area contributed by atoms with Gasteiger partial charge in [0.15, 0.2) is 0 Å². The molecule has 0 atom stereocenters. The topological polar surface area (TPSA) is 72.2 Å². The van der Waals surface area contributed by atoms with E-state index in [9.17, 15) is 8.42 Å². The maximum absolute atomic E-state index is 12.2. The highest BCUT2D eigenvalue weighted by Gasteiger charge is 2.53. The summed E-state index contributed by atoms with van der Waals surface area (Å²) in [5.41, 5.74) is 5.76. The fourth-order valence-corrected chi connectivity index (χ4v) is 5.03. The Kier molecular flexibility index (Phi) is 3.20. The van der Waals surface area contributed by atoms with Crippen molar-refractivity contribution in [1.29, 1.82) is 0 Å². The number of hydrogen-bond donors (Lipinski definition) is 2. The molecule has 0 aliphatic heterocycles. The van der Waals surface area contributed by atoms with Crippen LogP contribution in [0.3, 0.4) is 0 Å².